The Balaban J connectivity index is 1.27. The Bertz CT molecular complexity index is 1350. The van der Waals surface area contributed by atoms with Crippen LogP contribution in [0.25, 0.3) is 27.6 Å². The van der Waals surface area contributed by atoms with Crippen LogP contribution in [0.3, 0.4) is 0 Å². The van der Waals surface area contributed by atoms with Gasteiger partial charge in [-0.15, -0.1) is 0 Å². The molecule has 3 aromatic carbocycles. The van der Waals surface area contributed by atoms with Crippen molar-refractivity contribution in [3.63, 3.8) is 0 Å². The predicted octanol–water partition coefficient (Wildman–Crippen LogP) is 5.98. The van der Waals surface area contributed by atoms with E-state index in [1.54, 1.807) is 0 Å². The number of hydrogen-bond donors (Lipinski definition) is 3. The largest absolute Gasteiger partial charge is 0.377 e. The van der Waals surface area contributed by atoms with Gasteiger partial charge in [-0.05, 0) is 65.1 Å². The van der Waals surface area contributed by atoms with E-state index in [2.05, 4.69) is 88.3 Å². The minimum atomic E-state index is -0.359. The number of nitrogens with zero attached hydrogens (tertiary/aromatic N) is 1. The number of fused-ring (bicyclic) bond motifs is 1. The highest BCUT2D eigenvalue weighted by Crippen LogP contribution is 2.35. The second kappa shape index (κ2) is 8.75. The van der Waals surface area contributed by atoms with E-state index in [1.165, 1.54) is 53.5 Å². The van der Waals surface area contributed by atoms with E-state index in [1.807, 2.05) is 0 Å². The Kier molecular flexibility index (Phi) is 5.44. The van der Waals surface area contributed by atoms with Crippen molar-refractivity contribution in [1.82, 2.24) is 10.2 Å². The van der Waals surface area contributed by atoms with Crippen LogP contribution >= 0.6 is 0 Å². The van der Waals surface area contributed by atoms with Gasteiger partial charge in [0.15, 0.2) is 5.82 Å². The Morgan fingerprint density at radius 2 is 1.79 bits per heavy atom. The lowest BCUT2D eigenvalue weighted by Gasteiger charge is -2.38. The third-order valence-corrected chi connectivity index (χ3v) is 7.13. The fourth-order valence-corrected chi connectivity index (χ4v) is 5.07. The number of anilines is 1. The van der Waals surface area contributed by atoms with Crippen LogP contribution in [0.4, 0.5) is 5.82 Å². The highest BCUT2D eigenvalue weighted by atomic mass is 16.5. The number of ether oxygens (including phenoxy) is 1. The first kappa shape index (κ1) is 21.1. The molecule has 5 nitrogen and oxygen atoms in total. The molecule has 172 valence electrons. The van der Waals surface area contributed by atoms with Gasteiger partial charge in [0.05, 0.1) is 29.7 Å². The molecule has 0 spiro atoms. The van der Waals surface area contributed by atoms with Gasteiger partial charge in [0.1, 0.15) is 0 Å². The number of nitrogens with two attached hydrogens (primary N) is 1. The van der Waals surface area contributed by atoms with Crippen molar-refractivity contribution < 1.29 is 4.74 Å². The quantitative estimate of drug-likeness (QED) is 0.338. The molecule has 0 radical (unpaired) electrons. The number of rotatable bonds is 6. The normalized spacial score (nSPS) is 17.3. The van der Waals surface area contributed by atoms with Crippen molar-refractivity contribution in [3.8, 4) is 11.1 Å². The standard InChI is InChI=1S/C29H30N4O/c30-29(18-34-19-29)24-9-4-6-20(16-24)17-31-28-27-25(10-5-11-26(27)32-33-28)23-14-12-22(13-15-23)21-7-2-1-3-8-21/h4-7,9-16H,1-3,8,17-19,30H2,(H2,31,32,33). The molecule has 0 unspecified atom stereocenters. The molecule has 2 heterocycles. The average molecular weight is 451 g/mol. The van der Waals surface area contributed by atoms with Crippen molar-refractivity contribution in [2.75, 3.05) is 18.5 Å². The first-order valence-corrected chi connectivity index (χ1v) is 12.2. The Morgan fingerprint density at radius 3 is 2.56 bits per heavy atom. The van der Waals surface area contributed by atoms with Crippen LogP contribution in [-0.4, -0.2) is 23.4 Å². The second-order valence-corrected chi connectivity index (χ2v) is 9.56. The molecule has 4 aromatic rings. The van der Waals surface area contributed by atoms with Crippen LogP contribution in [-0.2, 0) is 16.8 Å². The van der Waals surface area contributed by atoms with Crippen LogP contribution in [0.15, 0.2) is 72.8 Å². The van der Waals surface area contributed by atoms with Gasteiger partial charge >= 0.3 is 0 Å². The highest BCUT2D eigenvalue weighted by molar-refractivity contribution is 6.02. The summed E-state index contributed by atoms with van der Waals surface area (Å²) in [6, 6.07) is 23.8. The van der Waals surface area contributed by atoms with Gasteiger partial charge < -0.3 is 15.8 Å². The molecule has 4 N–H and O–H groups in total. The maximum Gasteiger partial charge on any atom is 0.156 e. The molecule has 6 rings (SSSR count). The monoisotopic (exact) mass is 450 g/mol. The first-order valence-electron chi connectivity index (χ1n) is 12.2. The average Bonchev–Trinajstić information content (AvgIpc) is 3.30. The summed E-state index contributed by atoms with van der Waals surface area (Å²) in [5.41, 5.74) is 14.6. The summed E-state index contributed by atoms with van der Waals surface area (Å²) in [4.78, 5) is 0. The molecule has 5 heteroatoms. The lowest BCUT2D eigenvalue weighted by atomic mass is 9.88. The summed E-state index contributed by atoms with van der Waals surface area (Å²) in [7, 11) is 0. The van der Waals surface area contributed by atoms with E-state index in [-0.39, 0.29) is 5.54 Å². The van der Waals surface area contributed by atoms with E-state index in [4.69, 9.17) is 10.5 Å². The van der Waals surface area contributed by atoms with Crippen molar-refractivity contribution >= 4 is 22.3 Å². The Hall–Kier alpha value is -3.41. The summed E-state index contributed by atoms with van der Waals surface area (Å²) in [5.74, 6) is 0.865. The SMILES string of the molecule is NC1(c2cccc(CNc3n[nH]c4cccc(-c5ccc(C6=CCCCC6)cc5)c34)c2)COC1. The van der Waals surface area contributed by atoms with Gasteiger partial charge in [0, 0.05) is 6.54 Å². The van der Waals surface area contributed by atoms with Crippen LogP contribution in [0.5, 0.6) is 0 Å². The lowest BCUT2D eigenvalue weighted by molar-refractivity contribution is -0.0569. The second-order valence-electron chi connectivity index (χ2n) is 9.56. The summed E-state index contributed by atoms with van der Waals surface area (Å²) in [6.45, 7) is 1.83. The molecule has 1 fully saturated rings. The van der Waals surface area contributed by atoms with Crippen molar-refractivity contribution in [3.05, 3.63) is 89.5 Å². The minimum absolute atomic E-state index is 0.359. The summed E-state index contributed by atoms with van der Waals surface area (Å²) >= 11 is 0. The van der Waals surface area contributed by atoms with Crippen LogP contribution in [0.2, 0.25) is 0 Å². The zero-order valence-electron chi connectivity index (χ0n) is 19.3. The van der Waals surface area contributed by atoms with Gasteiger partial charge in [0.2, 0.25) is 0 Å². The first-order chi connectivity index (χ1) is 16.7. The van der Waals surface area contributed by atoms with Gasteiger partial charge in [-0.25, -0.2) is 0 Å². The van der Waals surface area contributed by atoms with Gasteiger partial charge in [-0.1, -0.05) is 66.7 Å². The zero-order chi connectivity index (χ0) is 23.0. The van der Waals surface area contributed by atoms with Crippen LogP contribution in [0, 0.1) is 0 Å². The third kappa shape index (κ3) is 3.91. The molecule has 2 aliphatic rings. The maximum absolute atomic E-state index is 6.43. The number of nitrogens with one attached hydrogen (secondary N) is 2. The number of aromatic nitrogens is 2. The molecule has 1 saturated heterocycles. The molecular weight excluding hydrogens is 420 g/mol. The van der Waals surface area contributed by atoms with E-state index < -0.39 is 0 Å². The summed E-state index contributed by atoms with van der Waals surface area (Å²) in [5, 5.41) is 12.5. The lowest BCUT2D eigenvalue weighted by Crippen LogP contribution is -2.54. The van der Waals surface area contributed by atoms with Crippen molar-refractivity contribution in [2.45, 2.75) is 37.8 Å². The summed E-state index contributed by atoms with van der Waals surface area (Å²) in [6.07, 6.45) is 7.38. The Labute approximate surface area is 200 Å². The van der Waals surface area contributed by atoms with E-state index in [0.29, 0.717) is 19.8 Å². The number of hydrogen-bond acceptors (Lipinski definition) is 4. The molecule has 1 aliphatic carbocycles. The molecule has 0 atom stereocenters. The van der Waals surface area contributed by atoms with E-state index in [0.717, 1.165) is 22.3 Å². The number of allylic oxidation sites excluding steroid dienone is 2. The topological polar surface area (TPSA) is 76.0 Å². The minimum Gasteiger partial charge on any atom is -0.377 e. The summed E-state index contributed by atoms with van der Waals surface area (Å²) < 4.78 is 5.34. The van der Waals surface area contributed by atoms with Crippen molar-refractivity contribution in [2.24, 2.45) is 5.73 Å². The van der Waals surface area contributed by atoms with Gasteiger partial charge in [-0.3, -0.25) is 5.10 Å². The fraction of sp³-hybridized carbons (Fsp3) is 0.276. The zero-order valence-corrected chi connectivity index (χ0v) is 19.3. The Morgan fingerprint density at radius 1 is 0.971 bits per heavy atom. The van der Waals surface area contributed by atoms with Gasteiger partial charge in [-0.2, -0.15) is 5.10 Å². The van der Waals surface area contributed by atoms with E-state index >= 15 is 0 Å². The third-order valence-electron chi connectivity index (χ3n) is 7.13. The molecular formula is C29H30N4O. The fourth-order valence-electron chi connectivity index (χ4n) is 5.07. The van der Waals surface area contributed by atoms with Crippen molar-refractivity contribution in [1.29, 1.82) is 0 Å². The van der Waals surface area contributed by atoms with Crippen LogP contribution < -0.4 is 11.1 Å². The number of benzene rings is 3. The molecule has 34 heavy (non-hydrogen) atoms. The molecule has 1 aromatic heterocycles. The number of aromatic amines is 1. The molecule has 0 saturated carbocycles. The smallest absolute Gasteiger partial charge is 0.156 e. The maximum atomic E-state index is 6.43. The highest BCUT2D eigenvalue weighted by Gasteiger charge is 2.36. The van der Waals surface area contributed by atoms with Crippen LogP contribution in [0.1, 0.15) is 42.4 Å². The molecule has 0 bridgehead atoms. The number of H-pyrrole nitrogens is 1. The molecule has 1 aliphatic heterocycles. The predicted molar refractivity (Wildman–Crippen MR) is 138 cm³/mol. The van der Waals surface area contributed by atoms with E-state index in [9.17, 15) is 0 Å². The van der Waals surface area contributed by atoms with Gasteiger partial charge in [0.25, 0.3) is 0 Å². The molecule has 0 amide bonds.